The zero-order valence-electron chi connectivity index (χ0n) is 20.3. The normalized spacial score (nSPS) is 20.1. The fraction of sp³-hybridized carbons (Fsp3) is 0.407. The molecule has 0 aromatic heterocycles. The van der Waals surface area contributed by atoms with Gasteiger partial charge in [-0.1, -0.05) is 31.0 Å². The summed E-state index contributed by atoms with van der Waals surface area (Å²) in [4.78, 5) is 28.5. The lowest BCUT2D eigenvalue weighted by Gasteiger charge is -2.31. The van der Waals surface area contributed by atoms with E-state index in [1.165, 1.54) is 21.3 Å². The molecule has 7 nitrogen and oxygen atoms in total. The van der Waals surface area contributed by atoms with Gasteiger partial charge in [-0.05, 0) is 49.9 Å². The number of carbonyl (C=O) groups excluding carboxylic acids is 2. The monoisotopic (exact) mass is 465 g/mol. The summed E-state index contributed by atoms with van der Waals surface area (Å²) in [5.74, 6) is -0.185. The van der Waals surface area contributed by atoms with Crippen LogP contribution in [-0.2, 0) is 9.59 Å². The van der Waals surface area contributed by atoms with Crippen LogP contribution < -0.4 is 14.2 Å². The summed E-state index contributed by atoms with van der Waals surface area (Å²) in [6.07, 6.45) is 3.59. The van der Waals surface area contributed by atoms with E-state index < -0.39 is 17.7 Å². The van der Waals surface area contributed by atoms with Crippen LogP contribution in [0.2, 0.25) is 0 Å². The van der Waals surface area contributed by atoms with Crippen molar-refractivity contribution in [1.29, 1.82) is 0 Å². The summed E-state index contributed by atoms with van der Waals surface area (Å²) in [7, 11) is 4.58. The summed E-state index contributed by atoms with van der Waals surface area (Å²) in [5, 5.41) is 11.6. The van der Waals surface area contributed by atoms with Crippen LogP contribution in [0.4, 0.5) is 0 Å². The minimum absolute atomic E-state index is 0.0340. The molecule has 34 heavy (non-hydrogen) atoms. The van der Waals surface area contributed by atoms with Gasteiger partial charge in [0.15, 0.2) is 11.5 Å². The molecule has 0 radical (unpaired) electrons. The highest BCUT2D eigenvalue weighted by atomic mass is 16.5. The number of aliphatic hydroxyl groups is 1. The predicted molar refractivity (Wildman–Crippen MR) is 128 cm³/mol. The quantitative estimate of drug-likeness (QED) is 0.378. The van der Waals surface area contributed by atoms with Gasteiger partial charge in [-0.15, -0.1) is 0 Å². The number of likely N-dealkylation sites (tertiary alicyclic amines) is 1. The molecule has 1 unspecified atom stereocenters. The first-order valence-corrected chi connectivity index (χ1v) is 11.5. The number of hydrogen-bond acceptors (Lipinski definition) is 6. The molecule has 0 bridgehead atoms. The molecule has 180 valence electrons. The first-order chi connectivity index (χ1) is 16.3. The number of methoxy groups -OCH3 is 3. The van der Waals surface area contributed by atoms with Crippen LogP contribution in [0.5, 0.6) is 17.2 Å². The van der Waals surface area contributed by atoms with Crippen molar-refractivity contribution in [3.63, 3.8) is 0 Å². The van der Waals surface area contributed by atoms with E-state index in [0.717, 1.165) is 36.8 Å². The second-order valence-electron chi connectivity index (χ2n) is 8.89. The third-order valence-electron chi connectivity index (χ3n) is 6.80. The molecule has 1 aliphatic carbocycles. The van der Waals surface area contributed by atoms with Gasteiger partial charge in [0.25, 0.3) is 11.7 Å². The van der Waals surface area contributed by atoms with Crippen molar-refractivity contribution in [3.05, 3.63) is 58.2 Å². The Kier molecular flexibility index (Phi) is 6.55. The number of rotatable bonds is 6. The SMILES string of the molecule is COc1cccc(C2/C(=C(\O)c3cc(C)cc(C)c3OC)C(=O)C(=O)N2C2CCCC2)c1OC. The van der Waals surface area contributed by atoms with E-state index >= 15 is 0 Å². The molecule has 1 heterocycles. The van der Waals surface area contributed by atoms with Crippen molar-refractivity contribution in [1.82, 2.24) is 4.90 Å². The number of aliphatic hydroxyl groups excluding tert-OH is 1. The Balaban J connectivity index is 2.02. The van der Waals surface area contributed by atoms with E-state index in [0.29, 0.717) is 28.4 Å². The van der Waals surface area contributed by atoms with E-state index in [4.69, 9.17) is 14.2 Å². The molecule has 2 aromatic rings. The van der Waals surface area contributed by atoms with Gasteiger partial charge < -0.3 is 24.2 Å². The van der Waals surface area contributed by atoms with Crippen LogP contribution in [0.15, 0.2) is 35.9 Å². The van der Waals surface area contributed by atoms with E-state index in [1.54, 1.807) is 23.1 Å². The molecular formula is C27H31NO6. The van der Waals surface area contributed by atoms with Gasteiger partial charge in [-0.25, -0.2) is 0 Å². The van der Waals surface area contributed by atoms with Crippen molar-refractivity contribution in [2.45, 2.75) is 51.6 Å². The van der Waals surface area contributed by atoms with E-state index in [-0.39, 0.29) is 17.4 Å². The topological polar surface area (TPSA) is 85.3 Å². The Morgan fingerprint density at radius 2 is 1.65 bits per heavy atom. The molecule has 1 N–H and O–H groups in total. The Hall–Kier alpha value is -3.48. The summed E-state index contributed by atoms with van der Waals surface area (Å²) in [6.45, 7) is 3.78. The largest absolute Gasteiger partial charge is 0.507 e. The standard InChI is InChI=1S/C27H31NO6/c1-15-13-16(2)25(33-4)19(14-15)23(29)21-22(18-11-8-12-20(32-3)26(18)34-5)28(27(31)24(21)30)17-9-6-7-10-17/h8,11-14,17,22,29H,6-7,9-10H2,1-5H3/b23-21+. The minimum atomic E-state index is -0.807. The van der Waals surface area contributed by atoms with E-state index in [9.17, 15) is 14.7 Å². The van der Waals surface area contributed by atoms with Gasteiger partial charge in [0.1, 0.15) is 11.5 Å². The smallest absolute Gasteiger partial charge is 0.295 e. The fourth-order valence-corrected chi connectivity index (χ4v) is 5.39. The first-order valence-electron chi connectivity index (χ1n) is 11.5. The second kappa shape index (κ2) is 9.41. The average molecular weight is 466 g/mol. The summed E-state index contributed by atoms with van der Waals surface area (Å²) < 4.78 is 16.7. The number of nitrogens with zero attached hydrogens (tertiary/aromatic N) is 1. The van der Waals surface area contributed by atoms with Crippen molar-refractivity contribution in [2.75, 3.05) is 21.3 Å². The Bertz CT molecular complexity index is 1160. The van der Waals surface area contributed by atoms with Crippen molar-refractivity contribution in [3.8, 4) is 17.2 Å². The van der Waals surface area contributed by atoms with Crippen molar-refractivity contribution < 1.29 is 28.9 Å². The second-order valence-corrected chi connectivity index (χ2v) is 8.89. The Labute approximate surface area is 199 Å². The lowest BCUT2D eigenvalue weighted by atomic mass is 9.92. The molecule has 7 heteroatoms. The van der Waals surface area contributed by atoms with Crippen LogP contribution in [0, 0.1) is 13.8 Å². The summed E-state index contributed by atoms with van der Waals surface area (Å²) in [6, 6.07) is 8.17. The lowest BCUT2D eigenvalue weighted by molar-refractivity contribution is -0.141. The van der Waals surface area contributed by atoms with Gasteiger partial charge in [-0.2, -0.15) is 0 Å². The summed E-state index contributed by atoms with van der Waals surface area (Å²) >= 11 is 0. The molecule has 1 saturated heterocycles. The fourth-order valence-electron chi connectivity index (χ4n) is 5.39. The van der Waals surface area contributed by atoms with Crippen molar-refractivity contribution >= 4 is 17.4 Å². The number of ketones is 1. The first kappa shape index (κ1) is 23.7. The zero-order valence-corrected chi connectivity index (χ0v) is 20.3. The van der Waals surface area contributed by atoms with Crippen LogP contribution in [0.1, 0.15) is 54.0 Å². The predicted octanol–water partition coefficient (Wildman–Crippen LogP) is 4.69. The van der Waals surface area contributed by atoms with Gasteiger partial charge in [0.05, 0.1) is 38.5 Å². The Morgan fingerprint density at radius 1 is 0.971 bits per heavy atom. The molecule has 2 aliphatic rings. The highest BCUT2D eigenvalue weighted by Gasteiger charge is 2.50. The van der Waals surface area contributed by atoms with Crippen LogP contribution >= 0.6 is 0 Å². The highest BCUT2D eigenvalue weighted by Crippen LogP contribution is 2.48. The number of amides is 1. The maximum atomic E-state index is 13.5. The average Bonchev–Trinajstić information content (AvgIpc) is 3.44. The molecule has 0 spiro atoms. The number of aryl methyl sites for hydroxylation is 2. The maximum absolute atomic E-state index is 13.5. The molecule has 1 aliphatic heterocycles. The van der Waals surface area contributed by atoms with Gasteiger partial charge in [-0.3, -0.25) is 9.59 Å². The number of ether oxygens (including phenoxy) is 3. The van der Waals surface area contributed by atoms with Crippen LogP contribution in [-0.4, -0.2) is 49.1 Å². The molecule has 4 rings (SSSR count). The van der Waals surface area contributed by atoms with Gasteiger partial charge in [0, 0.05) is 11.6 Å². The molecule has 1 atom stereocenters. The number of hydrogen-bond donors (Lipinski definition) is 1. The van der Waals surface area contributed by atoms with Gasteiger partial charge >= 0.3 is 0 Å². The van der Waals surface area contributed by atoms with Gasteiger partial charge in [0.2, 0.25) is 0 Å². The molecule has 1 amide bonds. The minimum Gasteiger partial charge on any atom is -0.507 e. The zero-order chi connectivity index (χ0) is 24.6. The summed E-state index contributed by atoms with van der Waals surface area (Å²) in [5.41, 5.74) is 2.74. The van der Waals surface area contributed by atoms with Crippen LogP contribution in [0.3, 0.4) is 0 Å². The molecule has 2 aromatic carbocycles. The number of benzene rings is 2. The maximum Gasteiger partial charge on any atom is 0.295 e. The van der Waals surface area contributed by atoms with E-state index in [1.807, 2.05) is 26.0 Å². The Morgan fingerprint density at radius 3 is 2.26 bits per heavy atom. The van der Waals surface area contributed by atoms with Crippen LogP contribution in [0.25, 0.3) is 5.76 Å². The number of carbonyl (C=O) groups is 2. The number of Topliss-reactive ketones (excluding diaryl/α,β-unsaturated/α-hetero) is 1. The third-order valence-corrected chi connectivity index (χ3v) is 6.80. The number of para-hydroxylation sites is 1. The molecular weight excluding hydrogens is 434 g/mol. The molecule has 2 fully saturated rings. The third kappa shape index (κ3) is 3.79. The lowest BCUT2D eigenvalue weighted by Crippen LogP contribution is -2.37. The van der Waals surface area contributed by atoms with Crippen molar-refractivity contribution in [2.24, 2.45) is 0 Å². The van der Waals surface area contributed by atoms with E-state index in [2.05, 4.69) is 0 Å². The molecule has 1 saturated carbocycles. The highest BCUT2D eigenvalue weighted by molar-refractivity contribution is 6.46.